The summed E-state index contributed by atoms with van der Waals surface area (Å²) in [6.45, 7) is 0.355. The van der Waals surface area contributed by atoms with Crippen LogP contribution in [0.1, 0.15) is 36.6 Å². The Kier molecular flexibility index (Phi) is 5.29. The van der Waals surface area contributed by atoms with Crippen LogP contribution in [0.5, 0.6) is 0 Å². The van der Waals surface area contributed by atoms with Crippen LogP contribution in [0.15, 0.2) is 52.2 Å². The number of aromatic nitrogens is 1. The maximum Gasteiger partial charge on any atom is 0.294 e. The van der Waals surface area contributed by atoms with Gasteiger partial charge in [-0.1, -0.05) is 6.07 Å². The van der Waals surface area contributed by atoms with Crippen LogP contribution in [0.4, 0.5) is 4.79 Å². The number of hydrogen-bond acceptors (Lipinski definition) is 6. The molecule has 2 fully saturated rings. The first-order chi connectivity index (χ1) is 13.6. The lowest BCUT2D eigenvalue weighted by molar-refractivity contribution is -0.138. The van der Waals surface area contributed by atoms with E-state index in [1.165, 1.54) is 12.3 Å². The van der Waals surface area contributed by atoms with E-state index in [0.29, 0.717) is 12.3 Å². The fourth-order valence-corrected chi connectivity index (χ4v) is 4.33. The largest absolute Gasteiger partial charge is 0.465 e. The maximum atomic E-state index is 13.0. The van der Waals surface area contributed by atoms with E-state index < -0.39 is 11.1 Å². The van der Waals surface area contributed by atoms with E-state index in [0.717, 1.165) is 41.5 Å². The molecule has 2 aliphatic heterocycles. The highest BCUT2D eigenvalue weighted by atomic mass is 32.2. The molecule has 28 heavy (non-hydrogen) atoms. The summed E-state index contributed by atoms with van der Waals surface area (Å²) in [5.74, 6) is -0.200. The summed E-state index contributed by atoms with van der Waals surface area (Å²) in [4.78, 5) is 45.1. The summed E-state index contributed by atoms with van der Waals surface area (Å²) in [5, 5.41) is -0.439. The molecule has 3 amide bonds. The minimum atomic E-state index is -0.463. The van der Waals surface area contributed by atoms with Crippen LogP contribution in [0.2, 0.25) is 0 Å². The van der Waals surface area contributed by atoms with E-state index >= 15 is 0 Å². The summed E-state index contributed by atoms with van der Waals surface area (Å²) in [6, 6.07) is 7.13. The van der Waals surface area contributed by atoms with Crippen molar-refractivity contribution in [2.75, 3.05) is 13.1 Å². The van der Waals surface area contributed by atoms with Gasteiger partial charge in [0.05, 0.1) is 17.2 Å². The van der Waals surface area contributed by atoms with Crippen molar-refractivity contribution in [3.8, 4) is 0 Å². The van der Waals surface area contributed by atoms with Gasteiger partial charge in [0, 0.05) is 25.0 Å². The summed E-state index contributed by atoms with van der Waals surface area (Å²) < 4.78 is 5.20. The van der Waals surface area contributed by atoms with E-state index in [1.54, 1.807) is 29.4 Å². The fourth-order valence-electron chi connectivity index (χ4n) is 3.51. The molecule has 0 aliphatic carbocycles. The Hall–Kier alpha value is -2.87. The summed E-state index contributed by atoms with van der Waals surface area (Å²) in [7, 11) is 0. The molecule has 2 aromatic heterocycles. The summed E-state index contributed by atoms with van der Waals surface area (Å²) >= 11 is 0.824. The highest BCUT2D eigenvalue weighted by Gasteiger charge is 2.38. The van der Waals surface area contributed by atoms with E-state index in [2.05, 4.69) is 4.98 Å². The molecule has 0 spiro atoms. The van der Waals surface area contributed by atoms with Gasteiger partial charge in [-0.15, -0.1) is 0 Å². The number of likely N-dealkylation sites (tertiary alicyclic amines) is 1. The van der Waals surface area contributed by atoms with Crippen molar-refractivity contribution in [2.45, 2.75) is 25.3 Å². The SMILES string of the molecule is O=C1S/C(=C/c2ccco2)C(=O)N1CC(=O)N1CCCC[C@H]1c1cccnc1. The third kappa shape index (κ3) is 3.73. The number of imide groups is 1. The van der Waals surface area contributed by atoms with Gasteiger partial charge < -0.3 is 9.32 Å². The van der Waals surface area contributed by atoms with E-state index in [-0.39, 0.29) is 23.4 Å². The topological polar surface area (TPSA) is 83.7 Å². The van der Waals surface area contributed by atoms with Crippen LogP contribution in [0.3, 0.4) is 0 Å². The van der Waals surface area contributed by atoms with Gasteiger partial charge >= 0.3 is 0 Å². The number of amides is 3. The van der Waals surface area contributed by atoms with Gasteiger partial charge in [0.25, 0.3) is 11.1 Å². The number of pyridine rings is 1. The van der Waals surface area contributed by atoms with Crippen molar-refractivity contribution in [1.29, 1.82) is 0 Å². The zero-order chi connectivity index (χ0) is 19.5. The molecule has 2 aromatic rings. The molecule has 0 aromatic carbocycles. The number of furan rings is 1. The normalized spacial score (nSPS) is 21.6. The molecule has 0 N–H and O–H groups in total. The smallest absolute Gasteiger partial charge is 0.294 e. The van der Waals surface area contributed by atoms with Crippen molar-refractivity contribution in [3.63, 3.8) is 0 Å². The van der Waals surface area contributed by atoms with E-state index in [9.17, 15) is 14.4 Å². The molecule has 2 saturated heterocycles. The Morgan fingerprint density at radius 1 is 1.29 bits per heavy atom. The van der Waals surface area contributed by atoms with Crippen LogP contribution in [-0.2, 0) is 9.59 Å². The zero-order valence-corrected chi connectivity index (χ0v) is 15.9. The lowest BCUT2D eigenvalue weighted by Crippen LogP contribution is -2.45. The molecule has 0 bridgehead atoms. The molecule has 4 rings (SSSR count). The number of carbonyl (C=O) groups is 3. The van der Waals surface area contributed by atoms with Crippen LogP contribution in [0.25, 0.3) is 6.08 Å². The number of carbonyl (C=O) groups excluding carboxylic acids is 3. The lowest BCUT2D eigenvalue weighted by Gasteiger charge is -2.36. The Labute approximate surface area is 166 Å². The number of rotatable bonds is 4. The molecular formula is C20H19N3O4S. The second-order valence-electron chi connectivity index (χ2n) is 6.67. The fraction of sp³-hybridized carbons (Fsp3) is 0.300. The molecule has 0 radical (unpaired) electrons. The Morgan fingerprint density at radius 2 is 2.18 bits per heavy atom. The Balaban J connectivity index is 1.49. The first-order valence-electron chi connectivity index (χ1n) is 9.12. The van der Waals surface area contributed by atoms with E-state index in [1.807, 2.05) is 12.1 Å². The van der Waals surface area contributed by atoms with Crippen LogP contribution >= 0.6 is 11.8 Å². The molecule has 7 nitrogen and oxygen atoms in total. The number of hydrogen-bond donors (Lipinski definition) is 0. The molecular weight excluding hydrogens is 378 g/mol. The first kappa shape index (κ1) is 18.5. The second kappa shape index (κ2) is 8.02. The average Bonchev–Trinajstić information content (AvgIpc) is 3.33. The standard InChI is InChI=1S/C20H19N3O4S/c24-18(22-9-2-1-7-16(22)14-5-3-8-21-12-14)13-23-19(25)17(28-20(23)26)11-15-6-4-10-27-15/h3-6,8,10-12,16H,1-2,7,9,13H2/b17-11+/t16-/m0/s1. The minimum absolute atomic E-state index is 0.0754. The van der Waals surface area contributed by atoms with Gasteiger partial charge in [0.2, 0.25) is 5.91 Å². The molecule has 144 valence electrons. The van der Waals surface area contributed by atoms with Crippen LogP contribution in [0, 0.1) is 0 Å². The number of nitrogens with zero attached hydrogens (tertiary/aromatic N) is 3. The minimum Gasteiger partial charge on any atom is -0.465 e. The molecule has 2 aliphatic rings. The van der Waals surface area contributed by atoms with Crippen molar-refractivity contribution >= 4 is 34.9 Å². The van der Waals surface area contributed by atoms with Gasteiger partial charge in [-0.25, -0.2) is 0 Å². The Bertz CT molecular complexity index is 911. The summed E-state index contributed by atoms with van der Waals surface area (Å²) in [5.41, 5.74) is 0.974. The highest BCUT2D eigenvalue weighted by molar-refractivity contribution is 8.18. The summed E-state index contributed by atoms with van der Waals surface area (Å²) in [6.07, 6.45) is 9.26. The molecule has 4 heterocycles. The Morgan fingerprint density at radius 3 is 2.93 bits per heavy atom. The van der Waals surface area contributed by atoms with Gasteiger partial charge in [-0.3, -0.25) is 24.3 Å². The molecule has 0 saturated carbocycles. The second-order valence-corrected chi connectivity index (χ2v) is 7.66. The van der Waals surface area contributed by atoms with Crippen molar-refractivity contribution in [2.24, 2.45) is 0 Å². The van der Waals surface area contributed by atoms with Gasteiger partial charge in [-0.05, 0) is 54.8 Å². The molecule has 8 heteroatoms. The zero-order valence-electron chi connectivity index (χ0n) is 15.1. The first-order valence-corrected chi connectivity index (χ1v) is 9.93. The monoisotopic (exact) mass is 397 g/mol. The van der Waals surface area contributed by atoms with Crippen LogP contribution < -0.4 is 0 Å². The lowest BCUT2D eigenvalue weighted by atomic mass is 9.96. The van der Waals surface area contributed by atoms with Crippen molar-refractivity contribution < 1.29 is 18.8 Å². The average molecular weight is 397 g/mol. The van der Waals surface area contributed by atoms with Gasteiger partial charge in [0.1, 0.15) is 12.3 Å². The predicted octanol–water partition coefficient (Wildman–Crippen LogP) is 3.46. The number of piperidine rings is 1. The van der Waals surface area contributed by atoms with Crippen LogP contribution in [-0.4, -0.2) is 44.9 Å². The third-order valence-corrected chi connectivity index (χ3v) is 5.78. The van der Waals surface area contributed by atoms with Crippen molar-refractivity contribution in [1.82, 2.24) is 14.8 Å². The molecule has 0 unspecified atom stereocenters. The van der Waals surface area contributed by atoms with Gasteiger partial charge in [-0.2, -0.15) is 0 Å². The number of thioether (sulfide) groups is 1. The quantitative estimate of drug-likeness (QED) is 0.735. The van der Waals surface area contributed by atoms with E-state index in [4.69, 9.17) is 4.42 Å². The van der Waals surface area contributed by atoms with Gasteiger partial charge in [0.15, 0.2) is 0 Å². The predicted molar refractivity (Wildman–Crippen MR) is 104 cm³/mol. The van der Waals surface area contributed by atoms with Crippen molar-refractivity contribution in [3.05, 3.63) is 59.2 Å². The highest BCUT2D eigenvalue weighted by Crippen LogP contribution is 2.34. The maximum absolute atomic E-state index is 13.0. The third-order valence-electron chi connectivity index (χ3n) is 4.88. The molecule has 1 atom stereocenters.